The number of ether oxygens (including phenoxy) is 1. The summed E-state index contributed by atoms with van der Waals surface area (Å²) in [5.74, 6) is 0. The molecule has 0 saturated carbocycles. The number of nitrogens with zero attached hydrogens (tertiary/aromatic N) is 2. The molecule has 4 heterocycles. The number of rotatable bonds is 3. The molecule has 2 aliphatic rings. The van der Waals surface area contributed by atoms with Gasteiger partial charge in [-0.3, -0.25) is 0 Å². The van der Waals surface area contributed by atoms with E-state index in [4.69, 9.17) is 4.74 Å². The highest BCUT2D eigenvalue weighted by atomic mass is 16.5. The lowest BCUT2D eigenvalue weighted by Crippen LogP contribution is -2.36. The molecule has 3 atom stereocenters. The van der Waals surface area contributed by atoms with E-state index in [0.717, 1.165) is 6.54 Å². The first-order valence-electron chi connectivity index (χ1n) is 6.70. The van der Waals surface area contributed by atoms with Gasteiger partial charge in [-0.15, -0.1) is 0 Å². The molecule has 4 rings (SSSR count). The summed E-state index contributed by atoms with van der Waals surface area (Å²) in [5.41, 5.74) is 2.45. The number of fused-ring (bicyclic) bond motifs is 3. The Labute approximate surface area is 106 Å². The third-order valence-corrected chi connectivity index (χ3v) is 4.17. The Kier molecular flexibility index (Phi) is 2.38. The second-order valence-electron chi connectivity index (χ2n) is 5.30. The first kappa shape index (κ1) is 10.5. The van der Waals surface area contributed by atoms with Crippen LogP contribution in [0.1, 0.15) is 24.8 Å². The highest BCUT2D eigenvalue weighted by Gasteiger charge is 2.40. The van der Waals surface area contributed by atoms with Gasteiger partial charge in [0, 0.05) is 24.3 Å². The molecule has 94 valence electrons. The second-order valence-corrected chi connectivity index (χ2v) is 5.30. The van der Waals surface area contributed by atoms with E-state index < -0.39 is 0 Å². The minimum atomic E-state index is 0.442. The van der Waals surface area contributed by atoms with Crippen molar-refractivity contribution in [1.82, 2.24) is 14.9 Å². The van der Waals surface area contributed by atoms with Gasteiger partial charge in [0.05, 0.1) is 23.9 Å². The molecule has 2 bridgehead atoms. The van der Waals surface area contributed by atoms with E-state index in [2.05, 4.69) is 22.5 Å². The van der Waals surface area contributed by atoms with Crippen LogP contribution in [0.4, 0.5) is 0 Å². The Morgan fingerprint density at radius 2 is 2.39 bits per heavy atom. The van der Waals surface area contributed by atoms with E-state index in [1.54, 1.807) is 0 Å². The van der Waals surface area contributed by atoms with Crippen molar-refractivity contribution >= 4 is 5.52 Å². The maximum absolute atomic E-state index is 5.86. The van der Waals surface area contributed by atoms with Crippen LogP contribution >= 0.6 is 0 Å². The zero-order chi connectivity index (χ0) is 11.9. The fraction of sp³-hybridized carbons (Fsp3) is 0.500. The third kappa shape index (κ3) is 1.64. The molecule has 0 aromatic carbocycles. The van der Waals surface area contributed by atoms with Gasteiger partial charge in [0.25, 0.3) is 0 Å². The highest BCUT2D eigenvalue weighted by molar-refractivity contribution is 5.53. The number of pyridine rings is 1. The summed E-state index contributed by atoms with van der Waals surface area (Å²) in [6, 6.07) is 6.70. The molecule has 2 aromatic heterocycles. The van der Waals surface area contributed by atoms with Crippen LogP contribution in [-0.2, 0) is 11.3 Å². The fourth-order valence-electron chi connectivity index (χ4n) is 3.22. The van der Waals surface area contributed by atoms with Crippen molar-refractivity contribution in [2.24, 2.45) is 0 Å². The van der Waals surface area contributed by atoms with Gasteiger partial charge in [-0.1, -0.05) is 6.07 Å². The molecule has 0 amide bonds. The van der Waals surface area contributed by atoms with Gasteiger partial charge in [-0.05, 0) is 31.4 Å². The summed E-state index contributed by atoms with van der Waals surface area (Å²) in [7, 11) is 0. The maximum atomic E-state index is 5.86. The van der Waals surface area contributed by atoms with Crippen LogP contribution in [-0.4, -0.2) is 27.9 Å². The lowest BCUT2D eigenvalue weighted by molar-refractivity contribution is 0.0973. The van der Waals surface area contributed by atoms with Crippen molar-refractivity contribution in [1.29, 1.82) is 0 Å². The van der Waals surface area contributed by atoms with Crippen LogP contribution in [0.25, 0.3) is 5.52 Å². The predicted octanol–water partition coefficient (Wildman–Crippen LogP) is 1.74. The SMILES string of the molecule is c1ccn2ncc(CNC3CC4CCC3O4)c2c1. The van der Waals surface area contributed by atoms with Gasteiger partial charge < -0.3 is 10.1 Å². The summed E-state index contributed by atoms with van der Waals surface area (Å²) >= 11 is 0. The molecule has 2 fully saturated rings. The Bertz CT molecular complexity index is 565. The second kappa shape index (κ2) is 4.07. The lowest BCUT2D eigenvalue weighted by Gasteiger charge is -2.19. The van der Waals surface area contributed by atoms with Crippen molar-refractivity contribution in [3.63, 3.8) is 0 Å². The van der Waals surface area contributed by atoms with E-state index in [-0.39, 0.29) is 0 Å². The molecule has 2 aliphatic heterocycles. The standard InChI is InChI=1S/C14H17N3O/c1-2-6-17-13(3-1)10(9-16-17)8-15-12-7-11-4-5-14(12)18-11/h1-3,6,9,11-12,14-15H,4-5,7-8H2. The van der Waals surface area contributed by atoms with E-state index in [0.29, 0.717) is 18.2 Å². The Balaban J connectivity index is 1.48. The molecule has 18 heavy (non-hydrogen) atoms. The predicted molar refractivity (Wildman–Crippen MR) is 68.3 cm³/mol. The summed E-state index contributed by atoms with van der Waals surface area (Å²) in [6.07, 6.45) is 8.53. The summed E-state index contributed by atoms with van der Waals surface area (Å²) in [4.78, 5) is 0. The van der Waals surface area contributed by atoms with Gasteiger partial charge in [0.2, 0.25) is 0 Å². The maximum Gasteiger partial charge on any atom is 0.0733 e. The van der Waals surface area contributed by atoms with Gasteiger partial charge in [-0.2, -0.15) is 5.10 Å². The first-order chi connectivity index (χ1) is 8.90. The smallest absolute Gasteiger partial charge is 0.0733 e. The fourth-order valence-corrected chi connectivity index (χ4v) is 3.22. The number of hydrogen-bond acceptors (Lipinski definition) is 3. The Morgan fingerprint density at radius 3 is 3.22 bits per heavy atom. The van der Waals surface area contributed by atoms with E-state index in [1.807, 2.05) is 23.0 Å². The van der Waals surface area contributed by atoms with Crippen LogP contribution in [0, 0.1) is 0 Å². The molecule has 0 spiro atoms. The van der Waals surface area contributed by atoms with E-state index in [9.17, 15) is 0 Å². The lowest BCUT2D eigenvalue weighted by atomic mass is 9.95. The molecule has 2 aromatic rings. The summed E-state index contributed by atoms with van der Waals surface area (Å²) in [5, 5.41) is 7.99. The van der Waals surface area contributed by atoms with Crippen molar-refractivity contribution < 1.29 is 4.74 Å². The van der Waals surface area contributed by atoms with E-state index in [1.165, 1.54) is 30.3 Å². The average Bonchev–Trinajstić information content (AvgIpc) is 3.11. The largest absolute Gasteiger partial charge is 0.373 e. The van der Waals surface area contributed by atoms with Crippen molar-refractivity contribution in [3.05, 3.63) is 36.2 Å². The zero-order valence-electron chi connectivity index (χ0n) is 10.2. The quantitative estimate of drug-likeness (QED) is 0.892. The van der Waals surface area contributed by atoms with Gasteiger partial charge in [0.1, 0.15) is 0 Å². The van der Waals surface area contributed by atoms with Gasteiger partial charge in [-0.25, -0.2) is 4.52 Å². The topological polar surface area (TPSA) is 38.6 Å². The highest BCUT2D eigenvalue weighted by Crippen LogP contribution is 2.34. The van der Waals surface area contributed by atoms with Crippen LogP contribution < -0.4 is 5.32 Å². The molecular formula is C14H17N3O. The van der Waals surface area contributed by atoms with E-state index >= 15 is 0 Å². The zero-order valence-corrected chi connectivity index (χ0v) is 10.2. The van der Waals surface area contributed by atoms with Crippen LogP contribution in [0.5, 0.6) is 0 Å². The molecule has 4 heteroatoms. The Morgan fingerprint density at radius 1 is 1.39 bits per heavy atom. The number of aromatic nitrogens is 2. The van der Waals surface area contributed by atoms with Gasteiger partial charge >= 0.3 is 0 Å². The van der Waals surface area contributed by atoms with Crippen molar-refractivity contribution in [2.45, 2.75) is 44.1 Å². The number of nitrogens with one attached hydrogen (secondary N) is 1. The van der Waals surface area contributed by atoms with Crippen LogP contribution in [0.15, 0.2) is 30.6 Å². The normalized spacial score (nSPS) is 30.3. The van der Waals surface area contributed by atoms with Crippen LogP contribution in [0.2, 0.25) is 0 Å². The van der Waals surface area contributed by atoms with Crippen molar-refractivity contribution in [3.8, 4) is 0 Å². The molecule has 0 radical (unpaired) electrons. The first-order valence-corrected chi connectivity index (χ1v) is 6.70. The van der Waals surface area contributed by atoms with Gasteiger partial charge in [0.15, 0.2) is 0 Å². The Hall–Kier alpha value is -1.39. The monoisotopic (exact) mass is 243 g/mol. The third-order valence-electron chi connectivity index (χ3n) is 4.17. The molecular weight excluding hydrogens is 226 g/mol. The minimum Gasteiger partial charge on any atom is -0.373 e. The molecule has 0 aliphatic carbocycles. The summed E-state index contributed by atoms with van der Waals surface area (Å²) in [6.45, 7) is 0.880. The number of hydrogen-bond donors (Lipinski definition) is 1. The molecule has 3 unspecified atom stereocenters. The minimum absolute atomic E-state index is 0.442. The molecule has 2 saturated heterocycles. The average molecular weight is 243 g/mol. The van der Waals surface area contributed by atoms with Crippen LogP contribution in [0.3, 0.4) is 0 Å². The summed E-state index contributed by atoms with van der Waals surface area (Å²) < 4.78 is 7.78. The molecule has 4 nitrogen and oxygen atoms in total. The van der Waals surface area contributed by atoms with Crippen molar-refractivity contribution in [2.75, 3.05) is 0 Å². The molecule has 1 N–H and O–H groups in total.